The van der Waals surface area contributed by atoms with Crippen LogP contribution in [0, 0.1) is 12.7 Å². The molecule has 3 aromatic rings. The van der Waals surface area contributed by atoms with Crippen molar-refractivity contribution in [1.82, 2.24) is 14.5 Å². The van der Waals surface area contributed by atoms with Gasteiger partial charge in [-0.05, 0) is 37.6 Å². The van der Waals surface area contributed by atoms with Gasteiger partial charge < -0.3 is 14.8 Å². The zero-order valence-corrected chi connectivity index (χ0v) is 16.4. The minimum absolute atomic E-state index is 0.0904. The summed E-state index contributed by atoms with van der Waals surface area (Å²) in [6.45, 7) is 3.22. The van der Waals surface area contributed by atoms with E-state index in [0.717, 1.165) is 5.56 Å². The molecule has 0 aliphatic heterocycles. The fraction of sp³-hybridized carbons (Fsp3) is 0.238. The van der Waals surface area contributed by atoms with Crippen LogP contribution in [-0.4, -0.2) is 27.0 Å². The lowest BCUT2D eigenvalue weighted by Crippen LogP contribution is -2.36. The first-order valence-electron chi connectivity index (χ1n) is 9.04. The van der Waals surface area contributed by atoms with Gasteiger partial charge in [0.2, 0.25) is 0 Å². The number of urea groups is 1. The highest BCUT2D eigenvalue weighted by Gasteiger charge is 2.18. The fourth-order valence-electron chi connectivity index (χ4n) is 2.83. The molecule has 2 amide bonds. The Balaban J connectivity index is 1.72. The maximum absolute atomic E-state index is 14.2. The number of amides is 2. The van der Waals surface area contributed by atoms with Gasteiger partial charge in [0.25, 0.3) is 0 Å². The molecule has 1 N–H and O–H groups in total. The number of carbonyl (C=O) groups excluding carboxylic acids is 1. The molecule has 0 radical (unpaired) electrons. The first kappa shape index (κ1) is 19.9. The molecule has 146 valence electrons. The average Bonchev–Trinajstić information content (AvgIpc) is 3.18. The van der Waals surface area contributed by atoms with Gasteiger partial charge in [-0.2, -0.15) is 0 Å². The van der Waals surface area contributed by atoms with E-state index in [2.05, 4.69) is 10.3 Å². The smallest absolute Gasteiger partial charge is 0.322 e. The predicted molar refractivity (Wildman–Crippen MR) is 109 cm³/mol. The van der Waals surface area contributed by atoms with Crippen LogP contribution in [0.4, 0.5) is 14.9 Å². The lowest BCUT2D eigenvalue weighted by molar-refractivity contribution is 0.206. The monoisotopic (exact) mass is 400 g/mol. The summed E-state index contributed by atoms with van der Waals surface area (Å²) in [5.41, 5.74) is 2.11. The van der Waals surface area contributed by atoms with Crippen LogP contribution >= 0.6 is 11.6 Å². The highest BCUT2D eigenvalue weighted by atomic mass is 35.5. The van der Waals surface area contributed by atoms with E-state index in [-0.39, 0.29) is 12.6 Å². The van der Waals surface area contributed by atoms with Crippen molar-refractivity contribution in [3.63, 3.8) is 0 Å². The Kier molecular flexibility index (Phi) is 6.66. The van der Waals surface area contributed by atoms with E-state index in [4.69, 9.17) is 11.6 Å². The van der Waals surface area contributed by atoms with Gasteiger partial charge in [-0.25, -0.2) is 14.2 Å². The molecule has 0 fully saturated rings. The normalized spacial score (nSPS) is 10.7. The molecule has 0 saturated heterocycles. The molecule has 0 bridgehead atoms. The Morgan fingerprint density at radius 2 is 2.04 bits per heavy atom. The molecule has 1 aromatic heterocycles. The van der Waals surface area contributed by atoms with Crippen molar-refractivity contribution in [2.75, 3.05) is 11.9 Å². The Morgan fingerprint density at radius 3 is 2.71 bits per heavy atom. The average molecular weight is 401 g/mol. The zero-order valence-electron chi connectivity index (χ0n) is 15.6. The molecular formula is C21H22ClFN4O. The van der Waals surface area contributed by atoms with Crippen LogP contribution < -0.4 is 5.32 Å². The number of nitrogens with zero attached hydrogens (tertiary/aromatic N) is 3. The maximum Gasteiger partial charge on any atom is 0.322 e. The van der Waals surface area contributed by atoms with Crippen molar-refractivity contribution in [3.05, 3.63) is 83.2 Å². The van der Waals surface area contributed by atoms with Crippen molar-refractivity contribution >= 4 is 23.3 Å². The lowest BCUT2D eigenvalue weighted by Gasteiger charge is -2.24. The van der Waals surface area contributed by atoms with Gasteiger partial charge in [0, 0.05) is 41.8 Å². The third-order valence-corrected chi connectivity index (χ3v) is 4.76. The molecule has 3 rings (SSSR count). The van der Waals surface area contributed by atoms with Crippen molar-refractivity contribution in [2.45, 2.75) is 26.4 Å². The number of carbonyl (C=O) groups is 1. The second kappa shape index (κ2) is 9.37. The van der Waals surface area contributed by atoms with Crippen LogP contribution in [0.15, 0.2) is 61.2 Å². The minimum Gasteiger partial charge on any atom is -0.337 e. The van der Waals surface area contributed by atoms with E-state index in [1.165, 1.54) is 6.07 Å². The third kappa shape index (κ3) is 5.33. The first-order chi connectivity index (χ1) is 13.5. The van der Waals surface area contributed by atoms with Crippen LogP contribution in [-0.2, 0) is 13.1 Å². The van der Waals surface area contributed by atoms with Crippen molar-refractivity contribution < 1.29 is 9.18 Å². The van der Waals surface area contributed by atoms with Crippen LogP contribution in [0.2, 0.25) is 5.02 Å². The van der Waals surface area contributed by atoms with Crippen LogP contribution in [0.3, 0.4) is 0 Å². The Morgan fingerprint density at radius 1 is 1.25 bits per heavy atom. The summed E-state index contributed by atoms with van der Waals surface area (Å²) >= 11 is 6.16. The molecule has 28 heavy (non-hydrogen) atoms. The summed E-state index contributed by atoms with van der Waals surface area (Å²) in [4.78, 5) is 18.4. The molecule has 0 unspecified atom stereocenters. The number of rotatable bonds is 7. The number of nitrogens with one attached hydrogen (secondary N) is 1. The van der Waals surface area contributed by atoms with Gasteiger partial charge in [-0.1, -0.05) is 35.4 Å². The quantitative estimate of drug-likeness (QED) is 0.599. The summed E-state index contributed by atoms with van der Waals surface area (Å²) in [6, 6.07) is 11.8. The van der Waals surface area contributed by atoms with E-state index in [1.807, 2.05) is 42.0 Å². The molecular weight excluding hydrogens is 379 g/mol. The van der Waals surface area contributed by atoms with E-state index in [0.29, 0.717) is 35.8 Å². The Hall–Kier alpha value is -2.86. The SMILES string of the molecule is Cc1ccc(NC(=O)N(CCCn2ccnc2)Cc2c(F)cccc2Cl)cc1. The number of aromatic nitrogens is 2. The second-order valence-electron chi connectivity index (χ2n) is 6.57. The van der Waals surface area contributed by atoms with E-state index >= 15 is 0 Å². The van der Waals surface area contributed by atoms with Gasteiger partial charge in [0.1, 0.15) is 5.82 Å². The number of benzene rings is 2. The van der Waals surface area contributed by atoms with Crippen molar-refractivity contribution in [2.24, 2.45) is 0 Å². The standard InChI is InChI=1S/C21H22ClFN4O/c1-16-6-8-17(9-7-16)25-21(28)27(12-3-11-26-13-10-24-15-26)14-18-19(22)4-2-5-20(18)23/h2,4-10,13,15H,3,11-12,14H2,1H3,(H,25,28). The number of hydrogen-bond donors (Lipinski definition) is 1. The van der Waals surface area contributed by atoms with Gasteiger partial charge in [0.05, 0.1) is 12.9 Å². The number of anilines is 1. The maximum atomic E-state index is 14.2. The molecule has 0 atom stereocenters. The topological polar surface area (TPSA) is 50.2 Å². The molecule has 0 spiro atoms. The molecule has 0 saturated carbocycles. The molecule has 2 aromatic carbocycles. The summed E-state index contributed by atoms with van der Waals surface area (Å²) in [6.07, 6.45) is 6.00. The minimum atomic E-state index is -0.421. The largest absolute Gasteiger partial charge is 0.337 e. The van der Waals surface area contributed by atoms with Crippen LogP contribution in [0.5, 0.6) is 0 Å². The van der Waals surface area contributed by atoms with E-state index in [1.54, 1.807) is 29.6 Å². The number of imidazole rings is 1. The summed E-state index contributed by atoms with van der Waals surface area (Å²) in [5, 5.41) is 3.18. The van der Waals surface area contributed by atoms with Crippen LogP contribution in [0.1, 0.15) is 17.5 Å². The molecule has 7 heteroatoms. The van der Waals surface area contributed by atoms with Gasteiger partial charge in [0.15, 0.2) is 0 Å². The Labute approximate surface area is 168 Å². The summed E-state index contributed by atoms with van der Waals surface area (Å²) in [5.74, 6) is -0.421. The summed E-state index contributed by atoms with van der Waals surface area (Å²) < 4.78 is 16.2. The van der Waals surface area contributed by atoms with E-state index < -0.39 is 5.82 Å². The molecule has 0 aliphatic carbocycles. The highest BCUT2D eigenvalue weighted by molar-refractivity contribution is 6.31. The number of aryl methyl sites for hydroxylation is 2. The van der Waals surface area contributed by atoms with Gasteiger partial charge in [-0.3, -0.25) is 0 Å². The van der Waals surface area contributed by atoms with Crippen molar-refractivity contribution in [3.8, 4) is 0 Å². The summed E-state index contributed by atoms with van der Waals surface area (Å²) in [7, 11) is 0. The lowest BCUT2D eigenvalue weighted by atomic mass is 10.2. The fourth-order valence-corrected chi connectivity index (χ4v) is 3.05. The van der Waals surface area contributed by atoms with Crippen LogP contribution in [0.25, 0.3) is 0 Å². The highest BCUT2D eigenvalue weighted by Crippen LogP contribution is 2.21. The number of halogens is 2. The molecule has 0 aliphatic rings. The van der Waals surface area contributed by atoms with Crippen molar-refractivity contribution in [1.29, 1.82) is 0 Å². The van der Waals surface area contributed by atoms with Gasteiger partial charge in [-0.15, -0.1) is 0 Å². The third-order valence-electron chi connectivity index (χ3n) is 4.40. The Bertz CT molecular complexity index is 892. The molecule has 5 nitrogen and oxygen atoms in total. The predicted octanol–water partition coefficient (Wildman–Crippen LogP) is 5.11. The second-order valence-corrected chi connectivity index (χ2v) is 6.98. The van der Waals surface area contributed by atoms with E-state index in [9.17, 15) is 9.18 Å². The number of hydrogen-bond acceptors (Lipinski definition) is 2. The van der Waals surface area contributed by atoms with Gasteiger partial charge >= 0.3 is 6.03 Å². The first-order valence-corrected chi connectivity index (χ1v) is 9.42. The molecule has 1 heterocycles. The zero-order chi connectivity index (χ0) is 19.9.